The summed E-state index contributed by atoms with van der Waals surface area (Å²) in [6, 6.07) is 35.0. The number of benzene rings is 4. The predicted octanol–water partition coefficient (Wildman–Crippen LogP) is 7.59. The van der Waals surface area contributed by atoms with Gasteiger partial charge < -0.3 is 21.3 Å². The minimum absolute atomic E-state index is 0.0980. The number of carbonyl (C=O) groups excluding carboxylic acids is 2. The lowest BCUT2D eigenvalue weighted by Gasteiger charge is -2.36. The third kappa shape index (κ3) is 8.29. The molecule has 50 heavy (non-hydrogen) atoms. The number of nitriles is 2. The SMILES string of the molecule is Cc1ccc(NC(=O)C(C#N)=C2NC(C)(C)Cc3ccccc32)cc1.Cc1cccc(NC(=O)C(C#N)=C2NC(C)(C)Cc3ccccc32)c1. The highest BCUT2D eigenvalue weighted by atomic mass is 16.2. The molecule has 8 nitrogen and oxygen atoms in total. The Labute approximate surface area is 294 Å². The van der Waals surface area contributed by atoms with E-state index in [0.717, 1.165) is 46.2 Å². The second kappa shape index (κ2) is 14.6. The van der Waals surface area contributed by atoms with Crippen LogP contribution in [0, 0.1) is 36.5 Å². The van der Waals surface area contributed by atoms with Crippen molar-refractivity contribution >= 4 is 34.6 Å². The first-order valence-corrected chi connectivity index (χ1v) is 16.6. The summed E-state index contributed by atoms with van der Waals surface area (Å²) in [6.45, 7) is 12.2. The van der Waals surface area contributed by atoms with E-state index in [9.17, 15) is 20.1 Å². The first-order chi connectivity index (χ1) is 23.8. The average Bonchev–Trinajstić information content (AvgIpc) is 3.06. The summed E-state index contributed by atoms with van der Waals surface area (Å²) in [7, 11) is 0. The number of rotatable bonds is 4. The van der Waals surface area contributed by atoms with Gasteiger partial charge in [-0.2, -0.15) is 10.5 Å². The van der Waals surface area contributed by atoms with E-state index in [-0.39, 0.29) is 22.2 Å². The first kappa shape index (κ1) is 35.2. The van der Waals surface area contributed by atoms with Crippen LogP contribution in [0.4, 0.5) is 11.4 Å². The highest BCUT2D eigenvalue weighted by Crippen LogP contribution is 2.33. The zero-order chi connectivity index (χ0) is 36.1. The van der Waals surface area contributed by atoms with Gasteiger partial charge in [0.05, 0.1) is 11.4 Å². The van der Waals surface area contributed by atoms with Crippen LogP contribution in [0.5, 0.6) is 0 Å². The van der Waals surface area contributed by atoms with Gasteiger partial charge in [-0.25, -0.2) is 0 Å². The third-order valence-electron chi connectivity index (χ3n) is 8.53. The summed E-state index contributed by atoms with van der Waals surface area (Å²) < 4.78 is 0. The number of anilines is 2. The van der Waals surface area contributed by atoms with Crippen LogP contribution in [-0.4, -0.2) is 22.9 Å². The van der Waals surface area contributed by atoms with E-state index in [4.69, 9.17) is 0 Å². The number of carbonyl (C=O) groups is 2. The Kier molecular flexibility index (Phi) is 10.2. The minimum atomic E-state index is -0.402. The van der Waals surface area contributed by atoms with Crippen molar-refractivity contribution in [3.05, 3.63) is 142 Å². The maximum absolute atomic E-state index is 12.7. The monoisotopic (exact) mass is 662 g/mol. The van der Waals surface area contributed by atoms with Crippen LogP contribution < -0.4 is 21.3 Å². The van der Waals surface area contributed by atoms with E-state index in [1.165, 1.54) is 0 Å². The zero-order valence-corrected chi connectivity index (χ0v) is 29.4. The molecule has 0 spiro atoms. The molecule has 0 unspecified atom stereocenters. The van der Waals surface area contributed by atoms with E-state index >= 15 is 0 Å². The van der Waals surface area contributed by atoms with Crippen molar-refractivity contribution in [3.63, 3.8) is 0 Å². The number of hydrogen-bond donors (Lipinski definition) is 4. The van der Waals surface area contributed by atoms with E-state index in [1.54, 1.807) is 0 Å². The van der Waals surface area contributed by atoms with Gasteiger partial charge in [0.25, 0.3) is 11.8 Å². The predicted molar refractivity (Wildman–Crippen MR) is 199 cm³/mol. The number of nitrogens with one attached hydrogen (secondary N) is 4. The Morgan fingerprint density at radius 2 is 1.06 bits per heavy atom. The molecule has 0 aliphatic carbocycles. The summed E-state index contributed by atoms with van der Waals surface area (Å²) >= 11 is 0. The maximum atomic E-state index is 12.7. The zero-order valence-electron chi connectivity index (χ0n) is 29.4. The number of hydrogen-bond acceptors (Lipinski definition) is 6. The Morgan fingerprint density at radius 1 is 0.600 bits per heavy atom. The molecule has 4 N–H and O–H groups in total. The van der Waals surface area contributed by atoms with Crippen LogP contribution in [0.1, 0.15) is 61.1 Å². The fourth-order valence-electron chi connectivity index (χ4n) is 6.27. The molecule has 2 aliphatic rings. The molecule has 0 saturated carbocycles. The Bertz CT molecular complexity index is 2090. The lowest BCUT2D eigenvalue weighted by molar-refractivity contribution is -0.113. The standard InChI is InChI=1S/2C21H21N3O/c1-14-7-6-9-16(11-14)23-20(25)18(13-22)19-17-10-5-4-8-15(17)12-21(2,3)24-19;1-14-8-10-16(11-9-14)23-20(25)18(13-22)19-17-7-5-4-6-15(17)12-21(2,3)24-19/h2*4-11,24H,12H2,1-3H3,(H,23,25). The van der Waals surface area contributed by atoms with E-state index in [0.29, 0.717) is 22.8 Å². The fourth-order valence-corrected chi connectivity index (χ4v) is 6.27. The normalized spacial score (nSPS) is 16.9. The molecule has 0 fully saturated rings. The lowest BCUT2D eigenvalue weighted by Crippen LogP contribution is -2.44. The lowest BCUT2D eigenvalue weighted by atomic mass is 9.84. The summed E-state index contributed by atoms with van der Waals surface area (Å²) in [5.41, 5.74) is 8.55. The number of nitrogens with zero attached hydrogens (tertiary/aromatic N) is 2. The molecule has 0 saturated heterocycles. The van der Waals surface area contributed by atoms with Crippen molar-refractivity contribution in [1.29, 1.82) is 10.5 Å². The minimum Gasteiger partial charge on any atom is -0.378 e. The quantitative estimate of drug-likeness (QED) is 0.132. The summed E-state index contributed by atoms with van der Waals surface area (Å²) in [4.78, 5) is 25.5. The molecule has 0 bridgehead atoms. The van der Waals surface area contributed by atoms with Gasteiger partial charge in [-0.15, -0.1) is 0 Å². The average molecular weight is 663 g/mol. The van der Waals surface area contributed by atoms with Gasteiger partial charge in [-0.3, -0.25) is 9.59 Å². The molecule has 6 rings (SSSR count). The highest BCUT2D eigenvalue weighted by Gasteiger charge is 2.32. The van der Waals surface area contributed by atoms with Crippen molar-refractivity contribution in [2.75, 3.05) is 10.6 Å². The van der Waals surface area contributed by atoms with Gasteiger partial charge in [-0.1, -0.05) is 78.4 Å². The molecule has 0 aromatic heterocycles. The Hall–Kier alpha value is -6.12. The second-order valence-corrected chi connectivity index (χ2v) is 14.1. The smallest absolute Gasteiger partial charge is 0.268 e. The maximum Gasteiger partial charge on any atom is 0.268 e. The first-order valence-electron chi connectivity index (χ1n) is 16.6. The molecule has 4 aromatic carbocycles. The summed E-state index contributed by atoms with van der Waals surface area (Å²) in [6.07, 6.45) is 1.68. The molecule has 0 radical (unpaired) electrons. The number of aryl methyl sites for hydroxylation is 2. The summed E-state index contributed by atoms with van der Waals surface area (Å²) in [5.74, 6) is -0.801. The van der Waals surface area contributed by atoms with E-state index in [2.05, 4.69) is 61.1 Å². The van der Waals surface area contributed by atoms with Gasteiger partial charge >= 0.3 is 0 Å². The molecular formula is C42H42N6O2. The van der Waals surface area contributed by atoms with Gasteiger partial charge in [0.15, 0.2) is 0 Å². The third-order valence-corrected chi connectivity index (χ3v) is 8.53. The van der Waals surface area contributed by atoms with Crippen LogP contribution >= 0.6 is 0 Å². The molecule has 252 valence electrons. The largest absolute Gasteiger partial charge is 0.378 e. The van der Waals surface area contributed by atoms with E-state index < -0.39 is 11.8 Å². The van der Waals surface area contributed by atoms with Gasteiger partial charge in [0.1, 0.15) is 23.3 Å². The van der Waals surface area contributed by atoms with E-state index in [1.807, 2.05) is 111 Å². The fraction of sp³-hybridized carbons (Fsp3) is 0.238. The van der Waals surface area contributed by atoms with Gasteiger partial charge in [-0.05, 0) is 95.3 Å². The Morgan fingerprint density at radius 3 is 1.52 bits per heavy atom. The van der Waals surface area contributed by atoms with Crippen LogP contribution in [0.2, 0.25) is 0 Å². The topological polar surface area (TPSA) is 130 Å². The van der Waals surface area contributed by atoms with Crippen LogP contribution in [-0.2, 0) is 22.4 Å². The van der Waals surface area contributed by atoms with Crippen molar-refractivity contribution in [1.82, 2.24) is 10.6 Å². The van der Waals surface area contributed by atoms with Crippen LogP contribution in [0.3, 0.4) is 0 Å². The highest BCUT2D eigenvalue weighted by molar-refractivity contribution is 6.12. The van der Waals surface area contributed by atoms with Gasteiger partial charge in [0, 0.05) is 33.6 Å². The number of amides is 2. The van der Waals surface area contributed by atoms with Crippen molar-refractivity contribution in [2.24, 2.45) is 0 Å². The molecule has 4 aromatic rings. The molecule has 0 atom stereocenters. The summed E-state index contributed by atoms with van der Waals surface area (Å²) in [5, 5.41) is 31.7. The molecule has 2 aliphatic heterocycles. The van der Waals surface area contributed by atoms with Crippen LogP contribution in [0.15, 0.2) is 108 Å². The van der Waals surface area contributed by atoms with Crippen molar-refractivity contribution in [3.8, 4) is 12.1 Å². The molecular weight excluding hydrogens is 621 g/mol. The second-order valence-electron chi connectivity index (χ2n) is 14.1. The molecule has 2 amide bonds. The molecule has 8 heteroatoms. The number of fused-ring (bicyclic) bond motifs is 2. The Balaban J connectivity index is 0.000000194. The van der Waals surface area contributed by atoms with Crippen molar-refractivity contribution < 1.29 is 9.59 Å². The van der Waals surface area contributed by atoms with Crippen molar-refractivity contribution in [2.45, 2.75) is 65.5 Å². The van der Waals surface area contributed by atoms with Gasteiger partial charge in [0.2, 0.25) is 0 Å². The molecule has 2 heterocycles. The van der Waals surface area contributed by atoms with Crippen LogP contribution in [0.25, 0.3) is 11.4 Å².